The van der Waals surface area contributed by atoms with Crippen molar-refractivity contribution in [3.8, 4) is 0 Å². The Morgan fingerprint density at radius 3 is 2.31 bits per heavy atom. The van der Waals surface area contributed by atoms with Crippen LogP contribution in [0.2, 0.25) is 0 Å². The lowest BCUT2D eigenvalue weighted by atomic mass is 9.92. The Bertz CT molecular complexity index is 209. The predicted octanol–water partition coefficient (Wildman–Crippen LogP) is 3.93. The molecule has 0 N–H and O–H groups in total. The first kappa shape index (κ1) is 12.4. The number of hydrogen-bond donors (Lipinski definition) is 0. The fraction of sp³-hybridized carbons (Fsp3) is 1.00. The Hall–Kier alpha value is -0.0400. The summed E-state index contributed by atoms with van der Waals surface area (Å²) in [6.45, 7) is 11.3. The molecule has 0 aromatic carbocycles. The van der Waals surface area contributed by atoms with E-state index in [1.807, 2.05) is 0 Å². The highest BCUT2D eigenvalue weighted by Crippen LogP contribution is 2.51. The van der Waals surface area contributed by atoms with E-state index in [0.29, 0.717) is 0 Å². The summed E-state index contributed by atoms with van der Waals surface area (Å²) in [4.78, 5) is 2.74. The molecular formula is C15H29N. The second-order valence-corrected chi connectivity index (χ2v) is 6.89. The lowest BCUT2D eigenvalue weighted by Crippen LogP contribution is -2.37. The van der Waals surface area contributed by atoms with Crippen molar-refractivity contribution in [3.05, 3.63) is 0 Å². The molecule has 16 heavy (non-hydrogen) atoms. The Kier molecular flexibility index (Phi) is 3.94. The molecule has 2 fully saturated rings. The van der Waals surface area contributed by atoms with E-state index in [9.17, 15) is 0 Å². The first-order chi connectivity index (χ1) is 7.60. The monoisotopic (exact) mass is 223 g/mol. The second-order valence-electron chi connectivity index (χ2n) is 6.89. The number of hydrogen-bond acceptors (Lipinski definition) is 1. The highest BCUT2D eigenvalue weighted by Gasteiger charge is 2.43. The molecule has 0 unspecified atom stereocenters. The summed E-state index contributed by atoms with van der Waals surface area (Å²) in [5, 5.41) is 0. The zero-order chi connectivity index (χ0) is 11.6. The van der Waals surface area contributed by atoms with Gasteiger partial charge in [0.1, 0.15) is 0 Å². The fourth-order valence-corrected chi connectivity index (χ4v) is 2.95. The van der Waals surface area contributed by atoms with Crippen LogP contribution in [0.4, 0.5) is 0 Å². The third-order valence-electron chi connectivity index (χ3n) is 4.64. The number of likely N-dealkylation sites (tertiary alicyclic amines) is 1. The van der Waals surface area contributed by atoms with Gasteiger partial charge in [0, 0.05) is 6.54 Å². The average Bonchev–Trinajstić information content (AvgIpc) is 3.00. The van der Waals surface area contributed by atoms with E-state index >= 15 is 0 Å². The van der Waals surface area contributed by atoms with Crippen molar-refractivity contribution in [2.24, 2.45) is 17.3 Å². The van der Waals surface area contributed by atoms with Crippen LogP contribution in [0.25, 0.3) is 0 Å². The SMILES string of the molecule is CC(C)CCC1(CN2CCC(C)CC2)CC1. The Morgan fingerprint density at radius 1 is 1.19 bits per heavy atom. The average molecular weight is 223 g/mol. The van der Waals surface area contributed by atoms with Crippen molar-refractivity contribution in [1.29, 1.82) is 0 Å². The van der Waals surface area contributed by atoms with Crippen LogP contribution >= 0.6 is 0 Å². The quantitative estimate of drug-likeness (QED) is 0.682. The minimum absolute atomic E-state index is 0.755. The van der Waals surface area contributed by atoms with E-state index in [1.165, 1.54) is 58.2 Å². The number of nitrogens with zero attached hydrogens (tertiary/aromatic N) is 1. The molecule has 1 saturated carbocycles. The van der Waals surface area contributed by atoms with Gasteiger partial charge in [-0.25, -0.2) is 0 Å². The van der Waals surface area contributed by atoms with Gasteiger partial charge >= 0.3 is 0 Å². The predicted molar refractivity (Wildman–Crippen MR) is 70.6 cm³/mol. The fourth-order valence-electron chi connectivity index (χ4n) is 2.95. The van der Waals surface area contributed by atoms with Gasteiger partial charge in [0.25, 0.3) is 0 Å². The summed E-state index contributed by atoms with van der Waals surface area (Å²) in [5.74, 6) is 1.86. The normalized spacial score (nSPS) is 26.2. The van der Waals surface area contributed by atoms with Gasteiger partial charge in [-0.3, -0.25) is 0 Å². The molecule has 1 saturated heterocycles. The van der Waals surface area contributed by atoms with Crippen LogP contribution < -0.4 is 0 Å². The number of piperidine rings is 1. The van der Waals surface area contributed by atoms with Gasteiger partial charge in [-0.1, -0.05) is 27.2 Å². The third-order valence-corrected chi connectivity index (χ3v) is 4.64. The van der Waals surface area contributed by atoms with Crippen molar-refractivity contribution in [3.63, 3.8) is 0 Å². The minimum Gasteiger partial charge on any atom is -0.303 e. The molecule has 1 aliphatic carbocycles. The lowest BCUT2D eigenvalue weighted by molar-refractivity contribution is 0.152. The molecule has 0 spiro atoms. The smallest absolute Gasteiger partial charge is 0.00380 e. The third kappa shape index (κ3) is 3.48. The number of rotatable bonds is 5. The molecule has 0 amide bonds. The molecule has 0 bridgehead atoms. The molecule has 2 aliphatic rings. The maximum absolute atomic E-state index is 2.74. The standard InChI is InChI=1S/C15H29N/c1-13(2)4-7-15(8-9-15)12-16-10-5-14(3)6-11-16/h13-14H,4-12H2,1-3H3. The van der Waals surface area contributed by atoms with Crippen molar-refractivity contribution in [2.75, 3.05) is 19.6 Å². The lowest BCUT2D eigenvalue weighted by Gasteiger charge is -2.33. The highest BCUT2D eigenvalue weighted by molar-refractivity contribution is 4.96. The molecule has 0 atom stereocenters. The van der Waals surface area contributed by atoms with E-state index < -0.39 is 0 Å². The van der Waals surface area contributed by atoms with E-state index in [1.54, 1.807) is 0 Å². The van der Waals surface area contributed by atoms with Crippen molar-refractivity contribution in [2.45, 2.75) is 59.3 Å². The van der Waals surface area contributed by atoms with Crippen LogP contribution in [0, 0.1) is 17.3 Å². The van der Waals surface area contributed by atoms with Crippen LogP contribution in [-0.2, 0) is 0 Å². The van der Waals surface area contributed by atoms with Gasteiger partial charge in [-0.05, 0) is 62.4 Å². The molecular weight excluding hydrogens is 194 g/mol. The second kappa shape index (κ2) is 5.08. The van der Waals surface area contributed by atoms with Gasteiger partial charge < -0.3 is 4.90 Å². The van der Waals surface area contributed by atoms with E-state index in [-0.39, 0.29) is 0 Å². The summed E-state index contributed by atoms with van der Waals surface area (Å²) in [7, 11) is 0. The first-order valence-electron chi connectivity index (χ1n) is 7.32. The van der Waals surface area contributed by atoms with Gasteiger partial charge in [0.15, 0.2) is 0 Å². The van der Waals surface area contributed by atoms with Crippen LogP contribution in [0.15, 0.2) is 0 Å². The van der Waals surface area contributed by atoms with Gasteiger partial charge in [0.05, 0.1) is 0 Å². The van der Waals surface area contributed by atoms with E-state index in [4.69, 9.17) is 0 Å². The maximum atomic E-state index is 2.74. The summed E-state index contributed by atoms with van der Waals surface area (Å²) in [6, 6.07) is 0. The van der Waals surface area contributed by atoms with Crippen molar-refractivity contribution < 1.29 is 0 Å². The zero-order valence-electron chi connectivity index (χ0n) is 11.5. The van der Waals surface area contributed by atoms with Crippen LogP contribution in [0.3, 0.4) is 0 Å². The highest BCUT2D eigenvalue weighted by atomic mass is 15.1. The van der Waals surface area contributed by atoms with Crippen molar-refractivity contribution >= 4 is 0 Å². The Morgan fingerprint density at radius 2 is 1.81 bits per heavy atom. The van der Waals surface area contributed by atoms with E-state index in [0.717, 1.165) is 17.3 Å². The maximum Gasteiger partial charge on any atom is 0.00380 e. The summed E-state index contributed by atoms with van der Waals surface area (Å²) < 4.78 is 0. The molecule has 1 heteroatoms. The summed E-state index contributed by atoms with van der Waals surface area (Å²) in [5.41, 5.74) is 0.755. The molecule has 0 radical (unpaired) electrons. The molecule has 94 valence electrons. The van der Waals surface area contributed by atoms with Crippen LogP contribution in [0.5, 0.6) is 0 Å². The summed E-state index contributed by atoms with van der Waals surface area (Å²) in [6.07, 6.45) is 8.79. The molecule has 0 aromatic rings. The zero-order valence-corrected chi connectivity index (χ0v) is 11.5. The van der Waals surface area contributed by atoms with Crippen LogP contribution in [0.1, 0.15) is 59.3 Å². The first-order valence-corrected chi connectivity index (χ1v) is 7.32. The molecule has 1 nitrogen and oxygen atoms in total. The van der Waals surface area contributed by atoms with Gasteiger partial charge in [0.2, 0.25) is 0 Å². The largest absolute Gasteiger partial charge is 0.303 e. The van der Waals surface area contributed by atoms with Crippen LogP contribution in [-0.4, -0.2) is 24.5 Å². The Balaban J connectivity index is 1.72. The molecule has 1 heterocycles. The van der Waals surface area contributed by atoms with Gasteiger partial charge in [-0.15, -0.1) is 0 Å². The van der Waals surface area contributed by atoms with Gasteiger partial charge in [-0.2, -0.15) is 0 Å². The molecule has 2 rings (SSSR count). The van der Waals surface area contributed by atoms with E-state index in [2.05, 4.69) is 25.7 Å². The topological polar surface area (TPSA) is 3.24 Å². The molecule has 0 aromatic heterocycles. The summed E-state index contributed by atoms with van der Waals surface area (Å²) >= 11 is 0. The molecule has 1 aliphatic heterocycles. The van der Waals surface area contributed by atoms with Crippen molar-refractivity contribution in [1.82, 2.24) is 4.90 Å². The minimum atomic E-state index is 0.755. The Labute approximate surface area is 102 Å².